The molecule has 1 N–H and O–H groups in total. The Morgan fingerprint density at radius 3 is 2.65 bits per heavy atom. The molecule has 1 saturated heterocycles. The quantitative estimate of drug-likeness (QED) is 0.774. The maximum absolute atomic E-state index is 5.58. The summed E-state index contributed by atoms with van der Waals surface area (Å²) in [7, 11) is 0. The number of nitrogens with one attached hydrogen (secondary N) is 1. The first kappa shape index (κ1) is 15.5. The molecule has 0 aromatic heterocycles. The molecule has 3 heteroatoms. The van der Waals surface area contributed by atoms with Crippen molar-refractivity contribution in [2.24, 2.45) is 0 Å². The van der Waals surface area contributed by atoms with Gasteiger partial charge >= 0.3 is 0 Å². The van der Waals surface area contributed by atoms with E-state index in [1.165, 1.54) is 17.5 Å². The third-order valence-electron chi connectivity index (χ3n) is 3.77. The normalized spacial score (nSPS) is 20.2. The molecule has 2 rings (SSSR count). The second kappa shape index (κ2) is 8.40. The second-order valence-electron chi connectivity index (χ2n) is 5.73. The molecule has 1 aromatic rings. The maximum Gasteiger partial charge on any atom is 0.0674 e. The van der Waals surface area contributed by atoms with Gasteiger partial charge in [-0.3, -0.25) is 4.90 Å². The lowest BCUT2D eigenvalue weighted by atomic mass is 10.1. The summed E-state index contributed by atoms with van der Waals surface area (Å²) < 4.78 is 5.58. The largest absolute Gasteiger partial charge is 0.376 e. The van der Waals surface area contributed by atoms with E-state index in [2.05, 4.69) is 48.3 Å². The van der Waals surface area contributed by atoms with Crippen LogP contribution in [0.3, 0.4) is 0 Å². The highest BCUT2D eigenvalue weighted by Crippen LogP contribution is 2.11. The Hall–Kier alpha value is -0.900. The molecule has 1 unspecified atom stereocenters. The van der Waals surface area contributed by atoms with E-state index >= 15 is 0 Å². The maximum atomic E-state index is 5.58. The Balaban J connectivity index is 1.76. The summed E-state index contributed by atoms with van der Waals surface area (Å²) in [5.74, 6) is 0. The molecule has 0 amide bonds. The lowest BCUT2D eigenvalue weighted by Crippen LogP contribution is -2.40. The molecule has 1 aliphatic heterocycles. The monoisotopic (exact) mass is 276 g/mol. The zero-order valence-corrected chi connectivity index (χ0v) is 12.9. The number of nitrogens with zero attached hydrogens (tertiary/aromatic N) is 1. The first-order valence-electron chi connectivity index (χ1n) is 7.90. The van der Waals surface area contributed by atoms with Crippen LogP contribution in [0.15, 0.2) is 24.3 Å². The number of hydrogen-bond donors (Lipinski definition) is 1. The summed E-state index contributed by atoms with van der Waals surface area (Å²) >= 11 is 0. The van der Waals surface area contributed by atoms with Crippen LogP contribution in [0.2, 0.25) is 0 Å². The van der Waals surface area contributed by atoms with E-state index in [-0.39, 0.29) is 0 Å². The van der Waals surface area contributed by atoms with Crippen molar-refractivity contribution in [2.75, 3.05) is 32.8 Å². The zero-order valence-electron chi connectivity index (χ0n) is 12.9. The SMILES string of the molecule is CCCNCCc1ccc(CN2CCOC(C)C2)cc1. The molecule has 0 spiro atoms. The van der Waals surface area contributed by atoms with Crippen LogP contribution >= 0.6 is 0 Å². The first-order valence-corrected chi connectivity index (χ1v) is 7.90. The predicted molar refractivity (Wildman–Crippen MR) is 84.0 cm³/mol. The summed E-state index contributed by atoms with van der Waals surface area (Å²) in [6, 6.07) is 9.09. The average molecular weight is 276 g/mol. The van der Waals surface area contributed by atoms with Gasteiger partial charge in [0.25, 0.3) is 0 Å². The topological polar surface area (TPSA) is 24.5 Å². The number of rotatable bonds is 7. The zero-order chi connectivity index (χ0) is 14.2. The molecular formula is C17H28N2O. The number of benzene rings is 1. The smallest absolute Gasteiger partial charge is 0.0674 e. The number of morpholine rings is 1. The summed E-state index contributed by atoms with van der Waals surface area (Å²) in [5, 5.41) is 3.45. The molecule has 0 radical (unpaired) electrons. The third kappa shape index (κ3) is 5.23. The number of ether oxygens (including phenoxy) is 1. The average Bonchev–Trinajstić information content (AvgIpc) is 2.45. The molecule has 20 heavy (non-hydrogen) atoms. The summed E-state index contributed by atoms with van der Waals surface area (Å²) in [6.45, 7) is 10.6. The van der Waals surface area contributed by atoms with Gasteiger partial charge in [-0.2, -0.15) is 0 Å². The van der Waals surface area contributed by atoms with Crippen molar-refractivity contribution in [1.82, 2.24) is 10.2 Å². The molecule has 1 fully saturated rings. The molecule has 3 nitrogen and oxygen atoms in total. The van der Waals surface area contributed by atoms with Gasteiger partial charge in [-0.1, -0.05) is 31.2 Å². The molecule has 0 saturated carbocycles. The van der Waals surface area contributed by atoms with Crippen molar-refractivity contribution in [1.29, 1.82) is 0 Å². The second-order valence-corrected chi connectivity index (χ2v) is 5.73. The lowest BCUT2D eigenvalue weighted by molar-refractivity contribution is -0.0212. The van der Waals surface area contributed by atoms with Crippen LogP contribution < -0.4 is 5.32 Å². The van der Waals surface area contributed by atoms with E-state index in [4.69, 9.17) is 4.74 Å². The van der Waals surface area contributed by atoms with Crippen molar-refractivity contribution in [3.05, 3.63) is 35.4 Å². The van der Waals surface area contributed by atoms with Crippen LogP contribution in [0.5, 0.6) is 0 Å². The predicted octanol–water partition coefficient (Wildman–Crippen LogP) is 2.45. The summed E-state index contributed by atoms with van der Waals surface area (Å²) in [5.41, 5.74) is 2.83. The summed E-state index contributed by atoms with van der Waals surface area (Å²) in [4.78, 5) is 2.48. The Kier molecular flexibility index (Phi) is 6.51. The van der Waals surface area contributed by atoms with Crippen LogP contribution in [0.25, 0.3) is 0 Å². The fraction of sp³-hybridized carbons (Fsp3) is 0.647. The Labute approximate surface area is 123 Å². The fourth-order valence-corrected chi connectivity index (χ4v) is 2.64. The summed E-state index contributed by atoms with van der Waals surface area (Å²) in [6.07, 6.45) is 2.69. The highest BCUT2D eigenvalue weighted by atomic mass is 16.5. The van der Waals surface area contributed by atoms with Gasteiger partial charge in [0.15, 0.2) is 0 Å². The van der Waals surface area contributed by atoms with E-state index in [1.54, 1.807) is 0 Å². The Morgan fingerprint density at radius 1 is 1.20 bits per heavy atom. The van der Waals surface area contributed by atoms with Gasteiger partial charge in [0.2, 0.25) is 0 Å². The molecule has 1 aromatic carbocycles. The molecule has 1 atom stereocenters. The van der Waals surface area contributed by atoms with Crippen molar-refractivity contribution in [3.63, 3.8) is 0 Å². The van der Waals surface area contributed by atoms with E-state index < -0.39 is 0 Å². The van der Waals surface area contributed by atoms with E-state index in [1.807, 2.05) is 0 Å². The highest BCUT2D eigenvalue weighted by Gasteiger charge is 2.16. The van der Waals surface area contributed by atoms with Gasteiger partial charge in [-0.25, -0.2) is 0 Å². The molecular weight excluding hydrogens is 248 g/mol. The molecule has 0 aliphatic carbocycles. The van der Waals surface area contributed by atoms with Crippen LogP contribution in [-0.2, 0) is 17.7 Å². The molecule has 0 bridgehead atoms. The first-order chi connectivity index (χ1) is 9.78. The van der Waals surface area contributed by atoms with Crippen molar-refractivity contribution < 1.29 is 4.74 Å². The van der Waals surface area contributed by atoms with E-state index in [9.17, 15) is 0 Å². The van der Waals surface area contributed by atoms with Gasteiger partial charge < -0.3 is 10.1 Å². The molecule has 1 aliphatic rings. The van der Waals surface area contributed by atoms with Crippen molar-refractivity contribution >= 4 is 0 Å². The van der Waals surface area contributed by atoms with Gasteiger partial charge in [0, 0.05) is 19.6 Å². The highest BCUT2D eigenvalue weighted by molar-refractivity contribution is 5.22. The molecule has 1 heterocycles. The standard InChI is InChI=1S/C17H28N2O/c1-3-9-18-10-8-16-4-6-17(7-5-16)14-19-11-12-20-15(2)13-19/h4-7,15,18H,3,8-14H2,1-2H3. The minimum atomic E-state index is 0.368. The van der Waals surface area contributed by atoms with Crippen LogP contribution in [0.1, 0.15) is 31.4 Å². The number of hydrogen-bond acceptors (Lipinski definition) is 3. The molecule has 112 valence electrons. The van der Waals surface area contributed by atoms with Crippen molar-refractivity contribution in [3.8, 4) is 0 Å². The Bertz CT molecular complexity index is 377. The van der Waals surface area contributed by atoms with Crippen LogP contribution in [0, 0.1) is 0 Å². The van der Waals surface area contributed by atoms with Crippen molar-refractivity contribution in [2.45, 2.75) is 39.3 Å². The third-order valence-corrected chi connectivity index (χ3v) is 3.77. The minimum absolute atomic E-state index is 0.368. The van der Waals surface area contributed by atoms with E-state index in [0.717, 1.165) is 45.8 Å². The van der Waals surface area contributed by atoms with E-state index in [0.29, 0.717) is 6.10 Å². The van der Waals surface area contributed by atoms with Gasteiger partial charge in [-0.05, 0) is 44.0 Å². The van der Waals surface area contributed by atoms with Crippen LogP contribution in [0.4, 0.5) is 0 Å². The van der Waals surface area contributed by atoms with Gasteiger partial charge in [0.1, 0.15) is 0 Å². The van der Waals surface area contributed by atoms with Gasteiger partial charge in [0.05, 0.1) is 12.7 Å². The lowest BCUT2D eigenvalue weighted by Gasteiger charge is -2.31. The van der Waals surface area contributed by atoms with Gasteiger partial charge in [-0.15, -0.1) is 0 Å². The Morgan fingerprint density at radius 2 is 1.95 bits per heavy atom. The fourth-order valence-electron chi connectivity index (χ4n) is 2.64. The minimum Gasteiger partial charge on any atom is -0.376 e. The van der Waals surface area contributed by atoms with Crippen LogP contribution in [-0.4, -0.2) is 43.8 Å².